The van der Waals surface area contributed by atoms with E-state index in [4.69, 9.17) is 0 Å². The molecule has 0 heterocycles. The topological polar surface area (TPSA) is 77.8 Å². The molecule has 8 atom stereocenters. The van der Waals surface area contributed by atoms with Gasteiger partial charge in [-0.1, -0.05) is 72.8 Å². The Balaban J connectivity index is 1.72. The number of aliphatic hydroxyl groups is 2. The molecule has 4 heteroatoms. The van der Waals surface area contributed by atoms with Crippen LogP contribution in [0, 0.1) is 45.3 Å². The predicted octanol–water partition coefficient (Wildman–Crippen LogP) is 6.54. The van der Waals surface area contributed by atoms with Crippen LogP contribution in [0.4, 0.5) is 0 Å². The summed E-state index contributed by atoms with van der Waals surface area (Å²) in [6.07, 6.45) is 9.19. The number of aliphatic hydroxyl groups excluding tert-OH is 2. The van der Waals surface area contributed by atoms with Crippen LogP contribution in [0.15, 0.2) is 35.5 Å². The Kier molecular flexibility index (Phi) is 6.54. The van der Waals surface area contributed by atoms with Crippen LogP contribution in [-0.4, -0.2) is 33.5 Å². The van der Waals surface area contributed by atoms with Gasteiger partial charge < -0.3 is 15.3 Å². The molecule has 4 nitrogen and oxygen atoms in total. The largest absolute Gasteiger partial charge is 0.481 e. The Labute approximate surface area is 212 Å². The van der Waals surface area contributed by atoms with E-state index in [0.717, 1.165) is 31.3 Å². The van der Waals surface area contributed by atoms with Crippen molar-refractivity contribution in [3.63, 3.8) is 0 Å². The number of rotatable bonds is 6. The molecular formula is C31H48O4. The van der Waals surface area contributed by atoms with Crippen molar-refractivity contribution in [2.75, 3.05) is 0 Å². The molecule has 0 aromatic rings. The van der Waals surface area contributed by atoms with Gasteiger partial charge in [0.15, 0.2) is 0 Å². The van der Waals surface area contributed by atoms with Gasteiger partial charge in [0.1, 0.15) is 0 Å². The summed E-state index contributed by atoms with van der Waals surface area (Å²) in [5.41, 5.74) is 3.09. The highest BCUT2D eigenvalue weighted by atomic mass is 16.4. The minimum Gasteiger partial charge on any atom is -0.481 e. The van der Waals surface area contributed by atoms with Gasteiger partial charge in [0, 0.05) is 11.3 Å². The molecule has 0 aromatic carbocycles. The zero-order valence-electron chi connectivity index (χ0n) is 23.0. The maximum absolute atomic E-state index is 12.6. The molecule has 0 radical (unpaired) electrons. The molecule has 0 spiro atoms. The first-order valence-electron chi connectivity index (χ1n) is 13.8. The summed E-state index contributed by atoms with van der Waals surface area (Å²) in [4.78, 5) is 12.6. The van der Waals surface area contributed by atoms with Crippen LogP contribution in [0.2, 0.25) is 0 Å². The van der Waals surface area contributed by atoms with Gasteiger partial charge in [-0.15, -0.1) is 0 Å². The van der Waals surface area contributed by atoms with Crippen molar-refractivity contribution in [2.24, 2.45) is 45.3 Å². The third-order valence-electron chi connectivity index (χ3n) is 11.6. The van der Waals surface area contributed by atoms with Gasteiger partial charge in [0.2, 0.25) is 0 Å². The average molecular weight is 485 g/mol. The highest BCUT2D eigenvalue weighted by molar-refractivity contribution is 5.71. The summed E-state index contributed by atoms with van der Waals surface area (Å²) in [6, 6.07) is 0. The summed E-state index contributed by atoms with van der Waals surface area (Å²) in [5.74, 6) is -0.966. The van der Waals surface area contributed by atoms with Crippen molar-refractivity contribution < 1.29 is 20.1 Å². The van der Waals surface area contributed by atoms with Crippen molar-refractivity contribution in [2.45, 2.75) is 106 Å². The SMILES string of the molecule is C=C(CC[C@@H](C(=O)O)[C@H]1[C@H](O)C[C@@]2(C)C3=CCC4C(C)(C)[C@H](O)CC[C@]4(C)C3=CC[C@]12C)C(C)C. The standard InChI is InChI=1S/C31H48O4/c1-18(2)19(3)9-10-20(27(34)35)26-23(32)17-31(8)22-11-12-24-28(4,5)25(33)14-15-29(24,6)21(22)13-16-30(26,31)7/h11,13,18,20,23-26,32-33H,3,9-10,12,14-17H2,1-2,4-8H3,(H,34,35)/t20-,23-,24?,25-,26+,29-,30-,31+/m1/s1. The van der Waals surface area contributed by atoms with E-state index in [9.17, 15) is 20.1 Å². The van der Waals surface area contributed by atoms with Crippen molar-refractivity contribution in [3.8, 4) is 0 Å². The maximum Gasteiger partial charge on any atom is 0.306 e. The summed E-state index contributed by atoms with van der Waals surface area (Å²) in [5, 5.41) is 32.6. The van der Waals surface area contributed by atoms with Gasteiger partial charge in [-0.05, 0) is 84.2 Å². The second-order valence-corrected chi connectivity index (χ2v) is 13.9. The molecule has 196 valence electrons. The molecule has 0 aromatic heterocycles. The number of allylic oxidation sites excluding steroid dienone is 5. The molecule has 0 aliphatic heterocycles. The fourth-order valence-corrected chi connectivity index (χ4v) is 8.90. The number of carboxylic acids is 1. The lowest BCUT2D eigenvalue weighted by Gasteiger charge is -2.61. The molecule has 2 saturated carbocycles. The normalized spacial score (nSPS) is 42.9. The Morgan fingerprint density at radius 1 is 1.11 bits per heavy atom. The van der Waals surface area contributed by atoms with E-state index >= 15 is 0 Å². The Morgan fingerprint density at radius 2 is 1.77 bits per heavy atom. The van der Waals surface area contributed by atoms with Gasteiger partial charge >= 0.3 is 5.97 Å². The first-order chi connectivity index (χ1) is 16.1. The summed E-state index contributed by atoms with van der Waals surface area (Å²) >= 11 is 0. The van der Waals surface area contributed by atoms with E-state index in [1.807, 2.05) is 0 Å². The van der Waals surface area contributed by atoms with Crippen LogP contribution in [-0.2, 0) is 4.79 Å². The lowest BCUT2D eigenvalue weighted by atomic mass is 9.44. The Morgan fingerprint density at radius 3 is 2.37 bits per heavy atom. The van der Waals surface area contributed by atoms with Crippen LogP contribution in [0.25, 0.3) is 0 Å². The molecule has 0 amide bonds. The van der Waals surface area contributed by atoms with Crippen molar-refractivity contribution in [3.05, 3.63) is 35.5 Å². The lowest BCUT2D eigenvalue weighted by molar-refractivity contribution is -0.148. The van der Waals surface area contributed by atoms with E-state index < -0.39 is 18.0 Å². The smallest absolute Gasteiger partial charge is 0.306 e. The second kappa shape index (κ2) is 8.58. The Hall–Kier alpha value is -1.39. The van der Waals surface area contributed by atoms with Gasteiger partial charge in [-0.25, -0.2) is 0 Å². The van der Waals surface area contributed by atoms with E-state index in [1.54, 1.807) is 0 Å². The highest BCUT2D eigenvalue weighted by Crippen LogP contribution is 2.71. The fourth-order valence-electron chi connectivity index (χ4n) is 8.90. The minimum absolute atomic E-state index is 0.00139. The van der Waals surface area contributed by atoms with E-state index in [1.165, 1.54) is 11.1 Å². The molecule has 4 aliphatic rings. The fraction of sp³-hybridized carbons (Fsp3) is 0.774. The summed E-state index contributed by atoms with van der Waals surface area (Å²) in [6.45, 7) is 19.7. The molecular weight excluding hydrogens is 436 g/mol. The van der Waals surface area contributed by atoms with E-state index in [0.29, 0.717) is 31.1 Å². The van der Waals surface area contributed by atoms with Crippen molar-refractivity contribution >= 4 is 5.97 Å². The molecule has 0 bridgehead atoms. The van der Waals surface area contributed by atoms with Crippen LogP contribution in [0.1, 0.15) is 93.4 Å². The molecule has 1 unspecified atom stereocenters. The molecule has 4 aliphatic carbocycles. The molecule has 0 saturated heterocycles. The molecule has 4 rings (SSSR count). The Bertz CT molecular complexity index is 957. The third kappa shape index (κ3) is 3.72. The molecule has 2 fully saturated rings. The van der Waals surface area contributed by atoms with Crippen molar-refractivity contribution in [1.29, 1.82) is 0 Å². The first kappa shape index (κ1) is 26.7. The zero-order valence-corrected chi connectivity index (χ0v) is 23.0. The number of fused-ring (bicyclic) bond motifs is 5. The van der Waals surface area contributed by atoms with Gasteiger partial charge in [0.05, 0.1) is 18.1 Å². The zero-order chi connectivity index (χ0) is 26.1. The summed E-state index contributed by atoms with van der Waals surface area (Å²) < 4.78 is 0. The van der Waals surface area contributed by atoms with Crippen LogP contribution in [0.5, 0.6) is 0 Å². The number of hydrogen-bond donors (Lipinski definition) is 3. The average Bonchev–Trinajstić information content (AvgIpc) is 2.97. The molecule has 3 N–H and O–H groups in total. The van der Waals surface area contributed by atoms with Crippen molar-refractivity contribution in [1.82, 2.24) is 0 Å². The summed E-state index contributed by atoms with van der Waals surface area (Å²) in [7, 11) is 0. The van der Waals surface area contributed by atoms with Crippen LogP contribution in [0.3, 0.4) is 0 Å². The monoisotopic (exact) mass is 484 g/mol. The lowest BCUT2D eigenvalue weighted by Crippen LogP contribution is -2.54. The minimum atomic E-state index is -0.793. The van der Waals surface area contributed by atoms with Gasteiger partial charge in [-0.2, -0.15) is 0 Å². The quantitative estimate of drug-likeness (QED) is 0.374. The number of carboxylic acid groups (broad SMARTS) is 1. The van der Waals surface area contributed by atoms with Crippen LogP contribution >= 0.6 is 0 Å². The second-order valence-electron chi connectivity index (χ2n) is 13.9. The van der Waals surface area contributed by atoms with Gasteiger partial charge in [0.25, 0.3) is 0 Å². The number of hydrogen-bond acceptors (Lipinski definition) is 3. The number of carbonyl (C=O) groups is 1. The molecule has 35 heavy (non-hydrogen) atoms. The van der Waals surface area contributed by atoms with E-state index in [-0.39, 0.29) is 33.7 Å². The number of aliphatic carboxylic acids is 1. The maximum atomic E-state index is 12.6. The van der Waals surface area contributed by atoms with Crippen LogP contribution < -0.4 is 0 Å². The third-order valence-corrected chi connectivity index (χ3v) is 11.6. The van der Waals surface area contributed by atoms with E-state index in [2.05, 4.69) is 67.2 Å². The predicted molar refractivity (Wildman–Crippen MR) is 141 cm³/mol. The van der Waals surface area contributed by atoms with Gasteiger partial charge in [-0.3, -0.25) is 4.79 Å². The highest BCUT2D eigenvalue weighted by Gasteiger charge is 2.66. The first-order valence-corrected chi connectivity index (χ1v) is 13.8.